The second-order valence-corrected chi connectivity index (χ2v) is 10.4. The van der Waals surface area contributed by atoms with Crippen LogP contribution in [0.25, 0.3) is 0 Å². The Morgan fingerprint density at radius 3 is 2.56 bits per heavy atom. The molecule has 7 nitrogen and oxygen atoms in total. The zero-order valence-electron chi connectivity index (χ0n) is 19.3. The number of carbonyl (C=O) groups excluding carboxylic acids is 1. The van der Waals surface area contributed by atoms with Crippen LogP contribution in [0.4, 0.5) is 0 Å². The average molecular weight is 499 g/mol. The second kappa shape index (κ2) is 10.9. The van der Waals surface area contributed by atoms with Gasteiger partial charge in [-0.25, -0.2) is 8.42 Å². The molecule has 0 aliphatic carbocycles. The molecule has 2 aromatic carbocycles. The van der Waals surface area contributed by atoms with Crippen LogP contribution >= 0.6 is 11.6 Å². The third-order valence-electron chi connectivity index (χ3n) is 5.54. The minimum atomic E-state index is -3.97. The number of nitrogens with one attached hydrogen (secondary N) is 1. The fourth-order valence-electron chi connectivity index (χ4n) is 3.67. The molecular weight excluding hydrogens is 472 g/mol. The lowest BCUT2D eigenvalue weighted by atomic mass is 10.1. The molecule has 34 heavy (non-hydrogen) atoms. The van der Waals surface area contributed by atoms with Gasteiger partial charge in [0.05, 0.1) is 4.90 Å². The minimum Gasteiger partial charge on any atom is -0.340 e. The van der Waals surface area contributed by atoms with Crippen molar-refractivity contribution in [2.45, 2.75) is 44.3 Å². The normalized spacial score (nSPS) is 12.2. The molecule has 0 spiro atoms. The highest BCUT2D eigenvalue weighted by molar-refractivity contribution is 7.89. The lowest BCUT2D eigenvalue weighted by Crippen LogP contribution is -2.47. The predicted molar refractivity (Wildman–Crippen MR) is 132 cm³/mol. The Labute approximate surface area is 205 Å². The van der Waals surface area contributed by atoms with Crippen molar-refractivity contribution in [2.75, 3.05) is 7.05 Å². The number of benzene rings is 2. The van der Waals surface area contributed by atoms with Gasteiger partial charge in [0.15, 0.2) is 0 Å². The summed E-state index contributed by atoms with van der Waals surface area (Å²) in [5.41, 5.74) is 2.71. The van der Waals surface area contributed by atoms with E-state index in [2.05, 4.69) is 10.8 Å². The van der Waals surface area contributed by atoms with Crippen LogP contribution in [0.15, 0.2) is 65.7 Å². The Kier molecular flexibility index (Phi) is 8.15. The van der Waals surface area contributed by atoms with Crippen LogP contribution in [0.1, 0.15) is 28.8 Å². The van der Waals surface area contributed by atoms with E-state index in [4.69, 9.17) is 11.6 Å². The van der Waals surface area contributed by atoms with Gasteiger partial charge in [-0.05, 0) is 67.3 Å². The molecule has 9 heteroatoms. The summed E-state index contributed by atoms with van der Waals surface area (Å²) in [4.78, 5) is 15.0. The number of aryl methyl sites for hydroxylation is 3. The molecule has 1 unspecified atom stereocenters. The van der Waals surface area contributed by atoms with Gasteiger partial charge < -0.3 is 9.47 Å². The molecule has 0 radical (unpaired) electrons. The van der Waals surface area contributed by atoms with Gasteiger partial charge in [0.1, 0.15) is 17.8 Å². The third kappa shape index (κ3) is 6.26. The maximum Gasteiger partial charge on any atom is 0.241 e. The molecule has 0 saturated carbocycles. The first kappa shape index (κ1) is 25.5. The number of hydrogen-bond donors (Lipinski definition) is 1. The summed E-state index contributed by atoms with van der Waals surface area (Å²) in [7, 11) is -2.33. The summed E-state index contributed by atoms with van der Waals surface area (Å²) < 4.78 is 30.9. The molecule has 3 rings (SSSR count). The van der Waals surface area contributed by atoms with E-state index in [1.807, 2.05) is 25.1 Å². The van der Waals surface area contributed by atoms with Crippen molar-refractivity contribution in [1.29, 1.82) is 5.26 Å². The summed E-state index contributed by atoms with van der Waals surface area (Å²) in [6.45, 7) is 4.13. The predicted octanol–water partition coefficient (Wildman–Crippen LogP) is 4.03. The lowest BCUT2D eigenvalue weighted by molar-refractivity contribution is -0.132. The molecule has 0 fully saturated rings. The highest BCUT2D eigenvalue weighted by Crippen LogP contribution is 2.19. The van der Waals surface area contributed by atoms with Crippen LogP contribution in [0.5, 0.6) is 0 Å². The van der Waals surface area contributed by atoms with Gasteiger partial charge in [-0.1, -0.05) is 35.9 Å². The second-order valence-electron chi connectivity index (χ2n) is 8.25. The molecule has 3 aromatic rings. The number of sulfonamides is 1. The van der Waals surface area contributed by atoms with Crippen molar-refractivity contribution < 1.29 is 13.2 Å². The van der Waals surface area contributed by atoms with Crippen LogP contribution in [0.3, 0.4) is 0 Å². The van der Waals surface area contributed by atoms with Crippen LogP contribution in [0, 0.1) is 25.2 Å². The maximum atomic E-state index is 13.4. The van der Waals surface area contributed by atoms with E-state index < -0.39 is 16.1 Å². The Bertz CT molecular complexity index is 1310. The van der Waals surface area contributed by atoms with E-state index in [0.29, 0.717) is 29.4 Å². The average Bonchev–Trinajstić information content (AvgIpc) is 3.26. The van der Waals surface area contributed by atoms with Gasteiger partial charge in [-0.3, -0.25) is 4.79 Å². The minimum absolute atomic E-state index is 0.143. The standard InChI is InChI=1S/C25H27ClN4O3S/c1-18-6-7-19(2)24(15-18)34(32,33)28-23(12-14-30-13-4-5-22(30)16-27)25(31)29(3)17-20-8-10-21(26)11-9-20/h4-11,13,15,23,28H,12,14,17H2,1-3H3. The largest absolute Gasteiger partial charge is 0.340 e. The van der Waals surface area contributed by atoms with E-state index >= 15 is 0 Å². The van der Waals surface area contributed by atoms with Gasteiger partial charge in [0.2, 0.25) is 15.9 Å². The third-order valence-corrected chi connectivity index (χ3v) is 7.41. The molecule has 1 atom stereocenters. The molecule has 1 aromatic heterocycles. The van der Waals surface area contributed by atoms with Gasteiger partial charge in [-0.2, -0.15) is 9.98 Å². The van der Waals surface area contributed by atoms with Crippen LogP contribution in [-0.4, -0.2) is 36.9 Å². The highest BCUT2D eigenvalue weighted by atomic mass is 35.5. The number of rotatable bonds is 9. The van der Waals surface area contributed by atoms with E-state index in [9.17, 15) is 18.5 Å². The fraction of sp³-hybridized carbons (Fsp3) is 0.280. The maximum absolute atomic E-state index is 13.4. The number of aromatic nitrogens is 1. The van der Waals surface area contributed by atoms with Crippen molar-refractivity contribution in [1.82, 2.24) is 14.2 Å². The summed E-state index contributed by atoms with van der Waals surface area (Å²) in [5, 5.41) is 9.87. The first-order chi connectivity index (χ1) is 16.1. The van der Waals surface area contributed by atoms with Crippen molar-refractivity contribution in [3.8, 4) is 6.07 Å². The Hall–Kier alpha value is -3.12. The molecule has 1 heterocycles. The van der Waals surface area contributed by atoms with Crippen LogP contribution in [-0.2, 0) is 27.9 Å². The van der Waals surface area contributed by atoms with Gasteiger partial charge in [0.25, 0.3) is 0 Å². The summed E-state index contributed by atoms with van der Waals surface area (Å²) in [5.74, 6) is -0.366. The zero-order valence-corrected chi connectivity index (χ0v) is 20.9. The summed E-state index contributed by atoms with van der Waals surface area (Å²) in [6, 6.07) is 16.8. The SMILES string of the molecule is Cc1ccc(C)c(S(=O)(=O)NC(CCn2cccc2C#N)C(=O)N(C)Cc2ccc(Cl)cc2)c1. The van der Waals surface area contributed by atoms with Crippen molar-refractivity contribution in [3.63, 3.8) is 0 Å². The van der Waals surface area contributed by atoms with Crippen LogP contribution < -0.4 is 4.72 Å². The van der Waals surface area contributed by atoms with Crippen molar-refractivity contribution in [3.05, 3.63) is 88.2 Å². The van der Waals surface area contributed by atoms with Gasteiger partial charge in [-0.15, -0.1) is 0 Å². The number of nitriles is 1. The summed E-state index contributed by atoms with van der Waals surface area (Å²) in [6.07, 6.45) is 1.91. The highest BCUT2D eigenvalue weighted by Gasteiger charge is 2.29. The van der Waals surface area contributed by atoms with E-state index in [0.717, 1.165) is 11.1 Å². The number of amides is 1. The Balaban J connectivity index is 1.86. The van der Waals surface area contributed by atoms with Gasteiger partial charge in [0, 0.05) is 31.4 Å². The molecule has 1 amide bonds. The Morgan fingerprint density at radius 1 is 1.18 bits per heavy atom. The number of nitrogens with zero attached hydrogens (tertiary/aromatic N) is 3. The van der Waals surface area contributed by atoms with Crippen molar-refractivity contribution in [2.24, 2.45) is 0 Å². The lowest BCUT2D eigenvalue weighted by Gasteiger charge is -2.25. The first-order valence-corrected chi connectivity index (χ1v) is 12.6. The number of halogens is 1. The first-order valence-electron chi connectivity index (χ1n) is 10.7. The molecular formula is C25H27ClN4O3S. The van der Waals surface area contributed by atoms with Crippen LogP contribution in [0.2, 0.25) is 5.02 Å². The van der Waals surface area contributed by atoms with E-state index in [-0.39, 0.29) is 17.2 Å². The number of hydrogen-bond acceptors (Lipinski definition) is 4. The van der Waals surface area contributed by atoms with E-state index in [1.54, 1.807) is 61.1 Å². The monoisotopic (exact) mass is 498 g/mol. The smallest absolute Gasteiger partial charge is 0.241 e. The molecule has 178 valence electrons. The summed E-state index contributed by atoms with van der Waals surface area (Å²) >= 11 is 5.95. The Morgan fingerprint density at radius 2 is 1.88 bits per heavy atom. The van der Waals surface area contributed by atoms with Gasteiger partial charge >= 0.3 is 0 Å². The molecule has 1 N–H and O–H groups in total. The quantitative estimate of drug-likeness (QED) is 0.482. The fourth-order valence-corrected chi connectivity index (χ4v) is 5.35. The zero-order chi connectivity index (χ0) is 24.9. The topological polar surface area (TPSA) is 95.2 Å². The van der Waals surface area contributed by atoms with Crippen molar-refractivity contribution >= 4 is 27.5 Å². The molecule has 0 saturated heterocycles. The van der Waals surface area contributed by atoms with E-state index in [1.165, 1.54) is 4.90 Å². The number of carbonyl (C=O) groups is 1. The molecule has 0 aliphatic rings. The number of likely N-dealkylation sites (N-methyl/N-ethyl adjacent to an activating group) is 1. The molecule has 0 bridgehead atoms. The molecule has 0 aliphatic heterocycles.